The van der Waals surface area contributed by atoms with E-state index in [-0.39, 0.29) is 34.9 Å². The summed E-state index contributed by atoms with van der Waals surface area (Å²) >= 11 is 0. The maximum absolute atomic E-state index is 12.5. The molecule has 0 radical (unpaired) electrons. The van der Waals surface area contributed by atoms with Crippen LogP contribution in [0.5, 0.6) is 0 Å². The van der Waals surface area contributed by atoms with Crippen LogP contribution in [0.15, 0.2) is 17.1 Å². The lowest BCUT2D eigenvalue weighted by Gasteiger charge is -2.13. The normalized spacial score (nSPS) is 12.5. The van der Waals surface area contributed by atoms with Crippen LogP contribution in [0.1, 0.15) is 23.0 Å². The smallest absolute Gasteiger partial charge is 0.461 e. The van der Waals surface area contributed by atoms with Crippen LogP contribution >= 0.6 is 0 Å². The Morgan fingerprint density at radius 1 is 1.32 bits per heavy atom. The van der Waals surface area contributed by atoms with Gasteiger partial charge in [-0.05, 0) is 19.1 Å². The molecule has 2 aromatic rings. The fourth-order valence-electron chi connectivity index (χ4n) is 2.42. The highest BCUT2D eigenvalue weighted by Gasteiger charge is 2.39. The van der Waals surface area contributed by atoms with Crippen molar-refractivity contribution in [2.75, 3.05) is 17.7 Å². The van der Waals surface area contributed by atoms with Crippen molar-refractivity contribution in [1.29, 1.82) is 0 Å². The van der Waals surface area contributed by atoms with Crippen LogP contribution in [0.25, 0.3) is 10.9 Å². The summed E-state index contributed by atoms with van der Waals surface area (Å²) in [5.41, 5.74) is 6.39. The number of rotatable bonds is 3. The molecule has 0 spiro atoms. The van der Waals surface area contributed by atoms with Crippen LogP contribution in [-0.4, -0.2) is 35.9 Å². The number of nitrogens with zero attached hydrogens (tertiary/aromatic N) is 2. The van der Waals surface area contributed by atoms with E-state index in [1.165, 1.54) is 12.3 Å². The third kappa shape index (κ3) is 2.86. The molecule has 0 saturated carbocycles. The summed E-state index contributed by atoms with van der Waals surface area (Å²) in [5, 5.41) is 2.10. The van der Waals surface area contributed by atoms with Crippen LogP contribution in [-0.2, 0) is 9.53 Å². The van der Waals surface area contributed by atoms with Crippen LogP contribution < -0.4 is 11.1 Å². The Balaban J connectivity index is 2.13. The molecule has 1 aliphatic heterocycles. The molecule has 1 aromatic carbocycles. The minimum atomic E-state index is -5.05. The van der Waals surface area contributed by atoms with Gasteiger partial charge in [-0.2, -0.15) is 13.2 Å². The summed E-state index contributed by atoms with van der Waals surface area (Å²) in [6.07, 6.45) is -3.70. The maximum Gasteiger partial charge on any atom is 0.471 e. The number of pyridine rings is 1. The molecule has 3 rings (SSSR count). The van der Waals surface area contributed by atoms with Gasteiger partial charge in [-0.25, -0.2) is 9.78 Å². The van der Waals surface area contributed by atoms with Gasteiger partial charge in [0.15, 0.2) is 0 Å². The fraction of sp³-hybridized carbons (Fsp3) is 0.200. The highest BCUT2D eigenvalue weighted by molar-refractivity contribution is 6.18. The molecule has 25 heavy (non-hydrogen) atoms. The van der Waals surface area contributed by atoms with E-state index in [1.54, 1.807) is 12.2 Å². The number of nitrogens with one attached hydrogen (secondary N) is 1. The topological polar surface area (TPSA) is 107 Å². The minimum absolute atomic E-state index is 0.00225. The highest BCUT2D eigenvalue weighted by Crippen LogP contribution is 2.42. The Morgan fingerprint density at radius 2 is 2.04 bits per heavy atom. The molecule has 1 amide bonds. The molecule has 3 N–H and O–H groups in total. The number of benzene rings is 1. The molecule has 1 aliphatic rings. The van der Waals surface area contributed by atoms with Gasteiger partial charge in [0, 0.05) is 17.2 Å². The second-order valence-electron chi connectivity index (χ2n) is 5.11. The summed E-state index contributed by atoms with van der Waals surface area (Å²) in [6, 6.07) is 2.52. The molecule has 130 valence electrons. The number of carbonyl (C=O) groups excluding carboxylic acids is 2. The number of esters is 1. The predicted molar refractivity (Wildman–Crippen MR) is 84.1 cm³/mol. The van der Waals surface area contributed by atoms with Crippen molar-refractivity contribution >= 4 is 46.1 Å². The minimum Gasteiger partial charge on any atom is -0.461 e. The van der Waals surface area contributed by atoms with Gasteiger partial charge in [0.2, 0.25) is 0 Å². The lowest BCUT2D eigenvalue weighted by atomic mass is 10.1. The van der Waals surface area contributed by atoms with E-state index in [4.69, 9.17) is 10.5 Å². The molecule has 1 aromatic heterocycles. The van der Waals surface area contributed by atoms with Gasteiger partial charge in [-0.15, -0.1) is 0 Å². The fourth-order valence-corrected chi connectivity index (χ4v) is 2.42. The molecule has 0 saturated heterocycles. The zero-order valence-corrected chi connectivity index (χ0v) is 12.8. The SMILES string of the molecule is CCOC(=O)c1cc2c3c(c(NC(=O)C(F)(F)F)cc(N)c3n1)N=C2. The van der Waals surface area contributed by atoms with Gasteiger partial charge < -0.3 is 15.8 Å². The van der Waals surface area contributed by atoms with Gasteiger partial charge in [0.1, 0.15) is 5.69 Å². The number of hydrogen-bond acceptors (Lipinski definition) is 6. The van der Waals surface area contributed by atoms with Crippen molar-refractivity contribution in [3.05, 3.63) is 23.4 Å². The number of alkyl halides is 3. The van der Waals surface area contributed by atoms with Crippen molar-refractivity contribution in [1.82, 2.24) is 4.98 Å². The first-order valence-corrected chi connectivity index (χ1v) is 7.09. The van der Waals surface area contributed by atoms with E-state index >= 15 is 0 Å². The number of amides is 1. The van der Waals surface area contributed by atoms with Crippen molar-refractivity contribution in [3.8, 4) is 0 Å². The number of aliphatic imine (C=N–C) groups is 1. The summed E-state index contributed by atoms with van der Waals surface area (Å²) in [6.45, 7) is 1.80. The van der Waals surface area contributed by atoms with E-state index < -0.39 is 18.1 Å². The quantitative estimate of drug-likeness (QED) is 0.556. The van der Waals surface area contributed by atoms with Crippen LogP contribution in [0.2, 0.25) is 0 Å². The van der Waals surface area contributed by atoms with E-state index in [2.05, 4.69) is 9.98 Å². The van der Waals surface area contributed by atoms with Gasteiger partial charge in [-0.1, -0.05) is 0 Å². The Bertz CT molecular complexity index is 938. The first kappa shape index (κ1) is 16.7. The average molecular weight is 352 g/mol. The third-order valence-corrected chi connectivity index (χ3v) is 3.44. The number of carbonyl (C=O) groups is 2. The Kier molecular flexibility index (Phi) is 3.82. The predicted octanol–water partition coefficient (Wildman–Crippen LogP) is 2.56. The molecule has 0 bridgehead atoms. The first-order valence-electron chi connectivity index (χ1n) is 7.09. The van der Waals surface area contributed by atoms with Gasteiger partial charge in [0.05, 0.1) is 29.2 Å². The number of anilines is 2. The molecule has 0 fully saturated rings. The third-order valence-electron chi connectivity index (χ3n) is 3.44. The lowest BCUT2D eigenvalue weighted by molar-refractivity contribution is -0.167. The van der Waals surface area contributed by atoms with Gasteiger partial charge in [0.25, 0.3) is 0 Å². The Hall–Kier alpha value is -3.17. The molecule has 0 aliphatic carbocycles. The summed E-state index contributed by atoms with van der Waals surface area (Å²) in [5.74, 6) is -2.79. The van der Waals surface area contributed by atoms with Crippen LogP contribution in [0.4, 0.5) is 30.2 Å². The van der Waals surface area contributed by atoms with Gasteiger partial charge in [-0.3, -0.25) is 9.79 Å². The number of nitrogens with two attached hydrogens (primary N) is 1. The Labute approximate surface area is 138 Å². The summed E-state index contributed by atoms with van der Waals surface area (Å²) in [4.78, 5) is 31.2. The van der Waals surface area contributed by atoms with Crippen LogP contribution in [0, 0.1) is 0 Å². The van der Waals surface area contributed by atoms with Crippen molar-refractivity contribution in [2.24, 2.45) is 4.99 Å². The zero-order chi connectivity index (χ0) is 18.4. The number of aromatic nitrogens is 1. The molecule has 2 heterocycles. The second kappa shape index (κ2) is 5.72. The largest absolute Gasteiger partial charge is 0.471 e. The number of ether oxygens (including phenoxy) is 1. The van der Waals surface area contributed by atoms with Crippen molar-refractivity contribution < 1.29 is 27.5 Å². The monoisotopic (exact) mass is 352 g/mol. The number of halogens is 3. The molecule has 10 heteroatoms. The summed E-state index contributed by atoms with van der Waals surface area (Å²) < 4.78 is 42.3. The summed E-state index contributed by atoms with van der Waals surface area (Å²) in [7, 11) is 0. The molecular weight excluding hydrogens is 341 g/mol. The average Bonchev–Trinajstić information content (AvgIpc) is 2.95. The zero-order valence-electron chi connectivity index (χ0n) is 12.8. The second-order valence-corrected chi connectivity index (χ2v) is 5.11. The van der Waals surface area contributed by atoms with E-state index in [9.17, 15) is 22.8 Å². The van der Waals surface area contributed by atoms with Crippen molar-refractivity contribution in [3.63, 3.8) is 0 Å². The molecule has 7 nitrogen and oxygen atoms in total. The standard InChI is InChI=1S/C15H11F3N4O3/c1-2-25-13(23)9-3-6-5-20-12-8(22-14(24)15(16,17)18)4-7(19)11(21-9)10(6)12/h3-5H,2,19H2,1H3,(H,22,24). The molecular formula is C15H11F3N4O3. The van der Waals surface area contributed by atoms with E-state index in [1.807, 2.05) is 0 Å². The van der Waals surface area contributed by atoms with Gasteiger partial charge >= 0.3 is 18.1 Å². The maximum atomic E-state index is 12.5. The molecule has 0 atom stereocenters. The number of nitrogen functional groups attached to an aromatic ring is 1. The van der Waals surface area contributed by atoms with Crippen LogP contribution in [0.3, 0.4) is 0 Å². The Morgan fingerprint density at radius 3 is 2.68 bits per heavy atom. The lowest BCUT2D eigenvalue weighted by Crippen LogP contribution is -2.30. The number of hydrogen-bond donors (Lipinski definition) is 2. The molecule has 0 unspecified atom stereocenters. The highest BCUT2D eigenvalue weighted by atomic mass is 19.4. The van der Waals surface area contributed by atoms with Crippen molar-refractivity contribution in [2.45, 2.75) is 13.1 Å². The van der Waals surface area contributed by atoms with E-state index in [0.717, 1.165) is 6.07 Å². The first-order chi connectivity index (χ1) is 11.7. The van der Waals surface area contributed by atoms with E-state index in [0.29, 0.717) is 10.9 Å².